The van der Waals surface area contributed by atoms with Crippen LogP contribution >= 0.6 is 0 Å². The van der Waals surface area contributed by atoms with Gasteiger partial charge in [0.15, 0.2) is 0 Å². The first-order chi connectivity index (χ1) is 9.47. The minimum atomic E-state index is 0.446. The molecule has 2 atom stereocenters. The second-order valence-electron chi connectivity index (χ2n) is 6.67. The van der Waals surface area contributed by atoms with Crippen molar-refractivity contribution in [3.63, 3.8) is 0 Å². The molecule has 1 aromatic rings. The lowest BCUT2D eigenvalue weighted by molar-refractivity contribution is 0.198. The molecule has 0 amide bonds. The van der Waals surface area contributed by atoms with E-state index in [2.05, 4.69) is 44.0 Å². The third-order valence-corrected chi connectivity index (χ3v) is 4.34. The van der Waals surface area contributed by atoms with Crippen LogP contribution < -0.4 is 5.32 Å². The smallest absolute Gasteiger partial charge is 0.105 e. The SMILES string of the molecule is Cc1cc(C(C)N2CCCNC(CC(C)C)C2)c(C)o1. The Balaban J connectivity index is 2.07. The Kier molecular flexibility index (Phi) is 5.28. The Morgan fingerprint density at radius 2 is 2.10 bits per heavy atom. The number of furan rings is 1. The summed E-state index contributed by atoms with van der Waals surface area (Å²) >= 11 is 0. The second-order valence-corrected chi connectivity index (χ2v) is 6.67. The second kappa shape index (κ2) is 6.77. The van der Waals surface area contributed by atoms with Crippen molar-refractivity contribution in [1.29, 1.82) is 0 Å². The van der Waals surface area contributed by atoms with Crippen molar-refractivity contribution in [3.8, 4) is 0 Å². The van der Waals surface area contributed by atoms with Crippen molar-refractivity contribution < 1.29 is 4.42 Å². The average Bonchev–Trinajstić information content (AvgIpc) is 2.58. The molecule has 114 valence electrons. The van der Waals surface area contributed by atoms with Crippen molar-refractivity contribution in [2.45, 2.75) is 59.5 Å². The van der Waals surface area contributed by atoms with Gasteiger partial charge >= 0.3 is 0 Å². The van der Waals surface area contributed by atoms with Gasteiger partial charge in [-0.3, -0.25) is 4.90 Å². The fourth-order valence-electron chi connectivity index (χ4n) is 3.37. The van der Waals surface area contributed by atoms with Gasteiger partial charge in [-0.2, -0.15) is 0 Å². The molecular formula is C17H30N2O. The van der Waals surface area contributed by atoms with E-state index in [-0.39, 0.29) is 0 Å². The number of aryl methyl sites for hydroxylation is 2. The van der Waals surface area contributed by atoms with Gasteiger partial charge in [-0.1, -0.05) is 13.8 Å². The zero-order chi connectivity index (χ0) is 14.7. The van der Waals surface area contributed by atoms with Crippen molar-refractivity contribution in [1.82, 2.24) is 10.2 Å². The molecule has 1 aromatic heterocycles. The van der Waals surface area contributed by atoms with Crippen LogP contribution in [0.25, 0.3) is 0 Å². The summed E-state index contributed by atoms with van der Waals surface area (Å²) < 4.78 is 5.71. The van der Waals surface area contributed by atoms with Gasteiger partial charge in [-0.05, 0) is 52.1 Å². The average molecular weight is 278 g/mol. The van der Waals surface area contributed by atoms with Gasteiger partial charge < -0.3 is 9.73 Å². The third-order valence-electron chi connectivity index (χ3n) is 4.34. The number of hydrogen-bond donors (Lipinski definition) is 1. The van der Waals surface area contributed by atoms with Crippen LogP contribution in [-0.4, -0.2) is 30.6 Å². The molecule has 1 aliphatic heterocycles. The molecule has 0 spiro atoms. The van der Waals surface area contributed by atoms with Crippen LogP contribution in [0.15, 0.2) is 10.5 Å². The molecule has 0 radical (unpaired) electrons. The molecule has 0 bridgehead atoms. The minimum absolute atomic E-state index is 0.446. The maximum Gasteiger partial charge on any atom is 0.105 e. The molecule has 0 saturated carbocycles. The Morgan fingerprint density at radius 1 is 1.35 bits per heavy atom. The predicted octanol–water partition coefficient (Wildman–Crippen LogP) is 3.67. The Labute approximate surface area is 123 Å². The van der Waals surface area contributed by atoms with Crippen molar-refractivity contribution >= 4 is 0 Å². The first kappa shape index (κ1) is 15.6. The van der Waals surface area contributed by atoms with Gasteiger partial charge in [-0.25, -0.2) is 0 Å². The molecule has 3 nitrogen and oxygen atoms in total. The van der Waals surface area contributed by atoms with Gasteiger partial charge in [-0.15, -0.1) is 0 Å². The Bertz CT molecular complexity index is 425. The van der Waals surface area contributed by atoms with Crippen LogP contribution in [-0.2, 0) is 0 Å². The zero-order valence-corrected chi connectivity index (χ0v) is 13.7. The molecule has 2 heterocycles. The molecule has 0 aromatic carbocycles. The minimum Gasteiger partial charge on any atom is -0.466 e. The molecule has 1 N–H and O–H groups in total. The van der Waals surface area contributed by atoms with E-state index in [0.29, 0.717) is 12.1 Å². The van der Waals surface area contributed by atoms with Gasteiger partial charge in [0.1, 0.15) is 11.5 Å². The van der Waals surface area contributed by atoms with Crippen molar-refractivity contribution in [2.24, 2.45) is 5.92 Å². The van der Waals surface area contributed by atoms with Gasteiger partial charge in [0.25, 0.3) is 0 Å². The van der Waals surface area contributed by atoms with Crippen LogP contribution in [0.1, 0.15) is 56.7 Å². The third kappa shape index (κ3) is 3.86. The molecule has 1 saturated heterocycles. The van der Waals surface area contributed by atoms with E-state index in [1.807, 2.05) is 6.92 Å². The molecule has 0 aliphatic carbocycles. The zero-order valence-electron chi connectivity index (χ0n) is 13.7. The summed E-state index contributed by atoms with van der Waals surface area (Å²) in [5.74, 6) is 2.85. The summed E-state index contributed by atoms with van der Waals surface area (Å²) in [5, 5.41) is 3.70. The lowest BCUT2D eigenvalue weighted by atomic mass is 10.0. The number of rotatable bonds is 4. The van der Waals surface area contributed by atoms with Gasteiger partial charge in [0.2, 0.25) is 0 Å². The Morgan fingerprint density at radius 3 is 2.70 bits per heavy atom. The summed E-state index contributed by atoms with van der Waals surface area (Å²) in [4.78, 5) is 2.62. The summed E-state index contributed by atoms with van der Waals surface area (Å²) in [6.45, 7) is 14.5. The van der Waals surface area contributed by atoms with E-state index in [0.717, 1.165) is 30.5 Å². The van der Waals surface area contributed by atoms with E-state index in [9.17, 15) is 0 Å². The van der Waals surface area contributed by atoms with Crippen molar-refractivity contribution in [2.75, 3.05) is 19.6 Å². The topological polar surface area (TPSA) is 28.4 Å². The van der Waals surface area contributed by atoms with Crippen LogP contribution in [0.4, 0.5) is 0 Å². The first-order valence-corrected chi connectivity index (χ1v) is 8.01. The summed E-state index contributed by atoms with van der Waals surface area (Å²) in [6, 6.07) is 3.27. The van der Waals surface area contributed by atoms with Crippen LogP contribution in [0.5, 0.6) is 0 Å². The molecule has 1 aliphatic rings. The fraction of sp³-hybridized carbons (Fsp3) is 0.765. The quantitative estimate of drug-likeness (QED) is 0.911. The fourth-order valence-corrected chi connectivity index (χ4v) is 3.37. The summed E-state index contributed by atoms with van der Waals surface area (Å²) in [5.41, 5.74) is 1.35. The highest BCUT2D eigenvalue weighted by molar-refractivity contribution is 5.23. The highest BCUT2D eigenvalue weighted by Crippen LogP contribution is 2.27. The van der Waals surface area contributed by atoms with E-state index in [4.69, 9.17) is 4.42 Å². The van der Waals surface area contributed by atoms with E-state index in [1.165, 1.54) is 24.9 Å². The van der Waals surface area contributed by atoms with Gasteiger partial charge in [0, 0.05) is 30.7 Å². The lowest BCUT2D eigenvalue weighted by Crippen LogP contribution is -2.39. The number of nitrogens with one attached hydrogen (secondary N) is 1. The van der Waals surface area contributed by atoms with E-state index >= 15 is 0 Å². The molecule has 2 unspecified atom stereocenters. The molecule has 20 heavy (non-hydrogen) atoms. The van der Waals surface area contributed by atoms with Crippen molar-refractivity contribution in [3.05, 3.63) is 23.2 Å². The van der Waals surface area contributed by atoms with E-state index in [1.54, 1.807) is 0 Å². The van der Waals surface area contributed by atoms with Crippen LogP contribution in [0.2, 0.25) is 0 Å². The molecular weight excluding hydrogens is 248 g/mol. The number of nitrogens with zero attached hydrogens (tertiary/aromatic N) is 1. The van der Waals surface area contributed by atoms with E-state index < -0.39 is 0 Å². The maximum atomic E-state index is 5.71. The normalized spacial score (nSPS) is 23.0. The van der Waals surface area contributed by atoms with Crippen LogP contribution in [0, 0.1) is 19.8 Å². The van der Waals surface area contributed by atoms with Gasteiger partial charge in [0.05, 0.1) is 0 Å². The number of hydrogen-bond acceptors (Lipinski definition) is 3. The maximum absolute atomic E-state index is 5.71. The Hall–Kier alpha value is -0.800. The molecule has 2 rings (SSSR count). The highest BCUT2D eigenvalue weighted by atomic mass is 16.3. The monoisotopic (exact) mass is 278 g/mol. The highest BCUT2D eigenvalue weighted by Gasteiger charge is 2.25. The largest absolute Gasteiger partial charge is 0.466 e. The summed E-state index contributed by atoms with van der Waals surface area (Å²) in [7, 11) is 0. The molecule has 1 fully saturated rings. The lowest BCUT2D eigenvalue weighted by Gasteiger charge is -2.30. The molecule has 3 heteroatoms. The predicted molar refractivity (Wildman–Crippen MR) is 84.0 cm³/mol. The standard InChI is InChI=1S/C17H30N2O/c1-12(2)9-16-11-19(8-6-7-18-16)14(4)17-10-13(3)20-15(17)5/h10,12,14,16,18H,6-9,11H2,1-5H3. The first-order valence-electron chi connectivity index (χ1n) is 8.01. The van der Waals surface area contributed by atoms with Crippen LogP contribution in [0.3, 0.4) is 0 Å². The summed E-state index contributed by atoms with van der Waals surface area (Å²) in [6.07, 6.45) is 2.49.